The van der Waals surface area contributed by atoms with E-state index >= 15 is 0 Å². The molecule has 0 saturated heterocycles. The normalized spacial score (nSPS) is 11.1. The van der Waals surface area contributed by atoms with Gasteiger partial charge in [-0.15, -0.1) is 10.2 Å². The van der Waals surface area contributed by atoms with Gasteiger partial charge in [0.1, 0.15) is 11.6 Å². The molecule has 0 saturated carbocycles. The Balaban J connectivity index is 1.88. The van der Waals surface area contributed by atoms with Crippen molar-refractivity contribution < 1.29 is 9.18 Å². The Morgan fingerprint density at radius 2 is 1.87 bits per heavy atom. The fraction of sp³-hybridized carbons (Fsp3) is 0.353. The second-order valence-corrected chi connectivity index (χ2v) is 6.28. The molecule has 2 N–H and O–H groups in total. The van der Waals surface area contributed by atoms with Gasteiger partial charge in [-0.1, -0.05) is 18.2 Å². The van der Waals surface area contributed by atoms with Crippen LogP contribution >= 0.6 is 0 Å². The predicted octanol–water partition coefficient (Wildman–Crippen LogP) is 2.80. The van der Waals surface area contributed by atoms with Crippen LogP contribution in [0.2, 0.25) is 0 Å². The number of carbonyl (C=O) groups excluding carboxylic acids is 1. The smallest absolute Gasteiger partial charge is 0.272 e. The molecular weight excluding hydrogens is 295 g/mol. The van der Waals surface area contributed by atoms with Crippen molar-refractivity contribution >= 4 is 11.7 Å². The molecular formula is C17H21FN4O. The summed E-state index contributed by atoms with van der Waals surface area (Å²) in [5.74, 6) is 0.0751. The van der Waals surface area contributed by atoms with Crippen molar-refractivity contribution in [3.8, 4) is 0 Å². The zero-order valence-electron chi connectivity index (χ0n) is 13.6. The summed E-state index contributed by atoms with van der Waals surface area (Å²) in [5.41, 5.74) is 0.587. The van der Waals surface area contributed by atoms with Crippen LogP contribution in [-0.4, -0.2) is 28.2 Å². The van der Waals surface area contributed by atoms with Crippen molar-refractivity contribution in [2.24, 2.45) is 0 Å². The van der Waals surface area contributed by atoms with Gasteiger partial charge in [0.2, 0.25) is 0 Å². The average Bonchev–Trinajstić information content (AvgIpc) is 2.48. The third kappa shape index (κ3) is 5.32. The maximum atomic E-state index is 13.5. The third-order valence-electron chi connectivity index (χ3n) is 3.04. The van der Waals surface area contributed by atoms with E-state index in [1.165, 1.54) is 6.07 Å². The lowest BCUT2D eigenvalue weighted by Crippen LogP contribution is -2.41. The molecule has 1 heterocycles. The largest absolute Gasteiger partial charge is 0.368 e. The predicted molar refractivity (Wildman–Crippen MR) is 87.8 cm³/mol. The minimum Gasteiger partial charge on any atom is -0.368 e. The lowest BCUT2D eigenvalue weighted by molar-refractivity contribution is 0.0913. The zero-order valence-corrected chi connectivity index (χ0v) is 13.6. The first-order valence-corrected chi connectivity index (χ1v) is 7.49. The molecule has 0 spiro atoms. The number of carbonyl (C=O) groups is 1. The highest BCUT2D eigenvalue weighted by atomic mass is 19.1. The minimum absolute atomic E-state index is 0.213. The molecule has 1 aromatic carbocycles. The summed E-state index contributed by atoms with van der Waals surface area (Å²) in [6, 6.07) is 9.96. The molecule has 2 aromatic rings. The van der Waals surface area contributed by atoms with E-state index in [4.69, 9.17) is 0 Å². The first-order valence-electron chi connectivity index (χ1n) is 7.49. The number of rotatable bonds is 5. The van der Waals surface area contributed by atoms with Gasteiger partial charge in [0, 0.05) is 12.1 Å². The lowest BCUT2D eigenvalue weighted by atomic mass is 10.1. The number of hydrogen-bond donors (Lipinski definition) is 2. The van der Waals surface area contributed by atoms with Crippen LogP contribution in [0.5, 0.6) is 0 Å². The van der Waals surface area contributed by atoms with Gasteiger partial charge < -0.3 is 10.6 Å². The lowest BCUT2D eigenvalue weighted by Gasteiger charge is -2.19. The number of anilines is 1. The summed E-state index contributed by atoms with van der Waals surface area (Å²) in [7, 11) is 0. The Hall–Kier alpha value is -2.50. The third-order valence-corrected chi connectivity index (χ3v) is 3.04. The van der Waals surface area contributed by atoms with Crippen molar-refractivity contribution in [3.63, 3.8) is 0 Å². The fourth-order valence-corrected chi connectivity index (χ4v) is 1.98. The highest BCUT2D eigenvalue weighted by molar-refractivity contribution is 5.92. The van der Waals surface area contributed by atoms with E-state index in [2.05, 4.69) is 20.8 Å². The molecule has 0 fully saturated rings. The van der Waals surface area contributed by atoms with Crippen molar-refractivity contribution in [1.82, 2.24) is 15.5 Å². The monoisotopic (exact) mass is 316 g/mol. The number of amides is 1. The van der Waals surface area contributed by atoms with E-state index in [1.54, 1.807) is 30.3 Å². The molecule has 23 heavy (non-hydrogen) atoms. The second kappa shape index (κ2) is 7.17. The highest BCUT2D eigenvalue weighted by Gasteiger charge is 2.16. The quantitative estimate of drug-likeness (QED) is 0.890. The highest BCUT2D eigenvalue weighted by Crippen LogP contribution is 2.08. The molecule has 5 nitrogen and oxygen atoms in total. The molecule has 2 rings (SSSR count). The van der Waals surface area contributed by atoms with Gasteiger partial charge in [0.25, 0.3) is 5.91 Å². The molecule has 122 valence electrons. The molecule has 6 heteroatoms. The SMILES string of the molecule is CC(C)(C)NC(=O)c1ccc(NCCc2ccccc2F)nn1. The van der Waals surface area contributed by atoms with Gasteiger partial charge in [-0.05, 0) is 51.0 Å². The molecule has 0 aliphatic heterocycles. The molecule has 1 aromatic heterocycles. The summed E-state index contributed by atoms with van der Waals surface area (Å²) in [6.07, 6.45) is 0.542. The second-order valence-electron chi connectivity index (χ2n) is 6.28. The van der Waals surface area contributed by atoms with E-state index in [0.717, 1.165) is 0 Å². The van der Waals surface area contributed by atoms with Crippen LogP contribution < -0.4 is 10.6 Å². The summed E-state index contributed by atoms with van der Waals surface area (Å²) in [5, 5.41) is 13.8. The van der Waals surface area contributed by atoms with Crippen molar-refractivity contribution in [2.45, 2.75) is 32.7 Å². The molecule has 0 aliphatic rings. The van der Waals surface area contributed by atoms with Crippen LogP contribution in [0.3, 0.4) is 0 Å². The Labute approximate surface area is 135 Å². The zero-order chi connectivity index (χ0) is 16.9. The summed E-state index contributed by atoms with van der Waals surface area (Å²) < 4.78 is 13.5. The van der Waals surface area contributed by atoms with Gasteiger partial charge in [0.05, 0.1) is 0 Å². The Bertz CT molecular complexity index is 665. The number of hydrogen-bond acceptors (Lipinski definition) is 4. The summed E-state index contributed by atoms with van der Waals surface area (Å²) >= 11 is 0. The molecule has 0 unspecified atom stereocenters. The number of aromatic nitrogens is 2. The maximum Gasteiger partial charge on any atom is 0.272 e. The van der Waals surface area contributed by atoms with E-state index in [1.807, 2.05) is 20.8 Å². The van der Waals surface area contributed by atoms with Gasteiger partial charge in [-0.3, -0.25) is 4.79 Å². The molecule has 0 aliphatic carbocycles. The van der Waals surface area contributed by atoms with Crippen molar-refractivity contribution in [1.29, 1.82) is 0 Å². The van der Waals surface area contributed by atoms with Crippen LogP contribution in [0.4, 0.5) is 10.2 Å². The Morgan fingerprint density at radius 3 is 2.48 bits per heavy atom. The minimum atomic E-state index is -0.324. The van der Waals surface area contributed by atoms with Crippen LogP contribution in [0.1, 0.15) is 36.8 Å². The fourth-order valence-electron chi connectivity index (χ4n) is 1.98. The number of halogens is 1. The van der Waals surface area contributed by atoms with Gasteiger partial charge >= 0.3 is 0 Å². The van der Waals surface area contributed by atoms with Crippen LogP contribution in [-0.2, 0) is 6.42 Å². The molecule has 0 atom stereocenters. The number of nitrogens with zero attached hydrogens (tertiary/aromatic N) is 2. The first-order chi connectivity index (χ1) is 10.8. The van der Waals surface area contributed by atoms with E-state index in [9.17, 15) is 9.18 Å². The van der Waals surface area contributed by atoms with Gasteiger partial charge in [0.15, 0.2) is 5.69 Å². The van der Waals surface area contributed by atoms with E-state index < -0.39 is 0 Å². The van der Waals surface area contributed by atoms with Crippen LogP contribution in [0.25, 0.3) is 0 Å². The Kier molecular flexibility index (Phi) is 5.26. The van der Waals surface area contributed by atoms with E-state index in [0.29, 0.717) is 24.3 Å². The first kappa shape index (κ1) is 16.9. The maximum absolute atomic E-state index is 13.5. The van der Waals surface area contributed by atoms with Crippen molar-refractivity contribution in [2.75, 3.05) is 11.9 Å². The Morgan fingerprint density at radius 1 is 1.13 bits per heavy atom. The standard InChI is InChI=1S/C17H21FN4O/c1-17(2,3)20-16(23)14-8-9-15(22-21-14)19-11-10-12-6-4-5-7-13(12)18/h4-9H,10-11H2,1-3H3,(H,19,22)(H,20,23). The van der Waals surface area contributed by atoms with Crippen LogP contribution in [0, 0.1) is 5.82 Å². The molecule has 0 bridgehead atoms. The van der Waals surface area contributed by atoms with E-state index in [-0.39, 0.29) is 23.0 Å². The number of nitrogens with one attached hydrogen (secondary N) is 2. The van der Waals surface area contributed by atoms with Crippen LogP contribution in [0.15, 0.2) is 36.4 Å². The average molecular weight is 316 g/mol. The van der Waals surface area contributed by atoms with Gasteiger partial charge in [-0.25, -0.2) is 4.39 Å². The molecule has 0 radical (unpaired) electrons. The topological polar surface area (TPSA) is 66.9 Å². The summed E-state index contributed by atoms with van der Waals surface area (Å²) in [6.45, 7) is 6.23. The molecule has 1 amide bonds. The van der Waals surface area contributed by atoms with Gasteiger partial charge in [-0.2, -0.15) is 0 Å². The number of benzene rings is 1. The summed E-state index contributed by atoms with van der Waals surface area (Å²) in [4.78, 5) is 11.9. The van der Waals surface area contributed by atoms with Crippen molar-refractivity contribution in [3.05, 3.63) is 53.5 Å².